The molecule has 1 amide bonds. The molecule has 11 heteroatoms. The molecule has 0 spiro atoms. The third-order valence-electron chi connectivity index (χ3n) is 8.06. The van der Waals surface area contributed by atoms with Gasteiger partial charge in [-0.3, -0.25) is 4.79 Å². The number of carbonyl (C=O) groups excluding carboxylic acids is 2. The number of esters is 1. The third-order valence-corrected chi connectivity index (χ3v) is 9.11. The molecular weight excluding hydrogens is 632 g/mol. The van der Waals surface area contributed by atoms with Crippen LogP contribution in [0, 0.1) is 5.41 Å². The first-order valence-corrected chi connectivity index (χ1v) is 16.9. The van der Waals surface area contributed by atoms with E-state index in [-0.39, 0.29) is 18.7 Å². The van der Waals surface area contributed by atoms with Crippen molar-refractivity contribution in [3.05, 3.63) is 87.4 Å². The number of nitrogens with one attached hydrogen (secondary N) is 1. The fourth-order valence-electron chi connectivity index (χ4n) is 5.14. The monoisotopic (exact) mass is 680 g/mol. The zero-order chi connectivity index (χ0) is 34.9. The van der Waals surface area contributed by atoms with Crippen LogP contribution in [0.15, 0.2) is 71.2 Å². The molecule has 48 heavy (non-hydrogen) atoms. The Hall–Kier alpha value is -3.61. The van der Waals surface area contributed by atoms with Gasteiger partial charge in [0.05, 0.1) is 25.5 Å². The number of allylic oxidation sites excluding steroid dienone is 3. The molecule has 4 rings (SSSR count). The molecule has 260 valence electrons. The number of aromatic nitrogens is 1. The predicted molar refractivity (Wildman–Crippen MR) is 185 cm³/mol. The van der Waals surface area contributed by atoms with Crippen LogP contribution in [0.1, 0.15) is 76.7 Å². The summed E-state index contributed by atoms with van der Waals surface area (Å²) >= 11 is 1.46. The van der Waals surface area contributed by atoms with Crippen molar-refractivity contribution in [3.8, 4) is 5.75 Å². The maximum Gasteiger partial charge on any atom is 0.344 e. The predicted octanol–water partition coefficient (Wildman–Crippen LogP) is 6.84. The van der Waals surface area contributed by atoms with E-state index in [1.165, 1.54) is 17.4 Å². The highest BCUT2D eigenvalue weighted by molar-refractivity contribution is 7.09. The summed E-state index contributed by atoms with van der Waals surface area (Å²) in [7, 11) is 3.20. The standard InChI is InChI=1S/C37H48N2O8S/c1-24-13-16-27(37(6)34(41)46-35(47-37)36(3,4)5)20-32(40)38-25(2)33-39-28(22-48-33)11-9-10-12-30(31(19-24)45-23-42-7)44-21-26-14-17-29(43-8)18-15-26/h9-12,14-15,17-20,22,25,30-31,35H,13,16,21,23H2,1-8H3,(H,38,40)/b11-9-,12-10+,24-19+,27-20+/t25-,30+,31-,35-,37-/m1/s1. The van der Waals surface area contributed by atoms with Crippen molar-refractivity contribution in [1.82, 2.24) is 10.3 Å². The van der Waals surface area contributed by atoms with Crippen molar-refractivity contribution >= 4 is 29.3 Å². The highest BCUT2D eigenvalue weighted by Gasteiger charge is 2.52. The van der Waals surface area contributed by atoms with E-state index in [2.05, 4.69) is 5.32 Å². The molecule has 0 saturated carbocycles. The van der Waals surface area contributed by atoms with Gasteiger partial charge in [0, 0.05) is 24.0 Å². The summed E-state index contributed by atoms with van der Waals surface area (Å²) < 4.78 is 35.1. The van der Waals surface area contributed by atoms with Gasteiger partial charge in [0.2, 0.25) is 12.2 Å². The molecule has 0 unspecified atom stereocenters. The van der Waals surface area contributed by atoms with E-state index in [4.69, 9.17) is 33.4 Å². The van der Waals surface area contributed by atoms with Gasteiger partial charge in [0.25, 0.3) is 0 Å². The number of nitrogens with zero attached hydrogens (tertiary/aromatic N) is 1. The average Bonchev–Trinajstić information content (AvgIpc) is 3.65. The van der Waals surface area contributed by atoms with Gasteiger partial charge in [-0.2, -0.15) is 0 Å². The molecule has 3 heterocycles. The van der Waals surface area contributed by atoms with Crippen LogP contribution < -0.4 is 10.1 Å². The summed E-state index contributed by atoms with van der Waals surface area (Å²) in [6.45, 7) is 11.7. The van der Waals surface area contributed by atoms with Gasteiger partial charge in [-0.05, 0) is 63.0 Å². The Morgan fingerprint density at radius 2 is 1.81 bits per heavy atom. The number of amides is 1. The molecule has 10 nitrogen and oxygen atoms in total. The average molecular weight is 681 g/mol. The summed E-state index contributed by atoms with van der Waals surface area (Å²) in [5, 5.41) is 5.69. The molecule has 2 bridgehead atoms. The van der Waals surface area contributed by atoms with E-state index in [1.54, 1.807) is 21.1 Å². The van der Waals surface area contributed by atoms with Gasteiger partial charge in [0.1, 0.15) is 29.8 Å². The molecule has 1 saturated heterocycles. The first-order valence-electron chi connectivity index (χ1n) is 16.1. The molecule has 2 aliphatic rings. The molecule has 1 fully saturated rings. The van der Waals surface area contributed by atoms with Crippen molar-refractivity contribution in [2.24, 2.45) is 5.41 Å². The Balaban J connectivity index is 1.70. The van der Waals surface area contributed by atoms with Crippen LogP contribution in [0.25, 0.3) is 6.08 Å². The first kappa shape index (κ1) is 37.2. The maximum absolute atomic E-state index is 13.4. The SMILES string of the molecule is COCO[C@@H]1/C=C(\C)CC/C([C@@]2(C)O[C@H](C(C)(C)C)OC2=O)=C\C(=O)N[C@H](C)c2nc(cs2)/C=C\C=C\[C@@H]1OCc1ccc(OC)cc1. The molecule has 0 aliphatic carbocycles. The van der Waals surface area contributed by atoms with Crippen molar-refractivity contribution < 1.29 is 38.0 Å². The topological polar surface area (TPSA) is 114 Å². The number of hydrogen-bond acceptors (Lipinski definition) is 10. The van der Waals surface area contributed by atoms with Gasteiger partial charge in [0.15, 0.2) is 5.60 Å². The maximum atomic E-state index is 13.4. The number of hydrogen-bond donors (Lipinski definition) is 1. The lowest BCUT2D eigenvalue weighted by Crippen LogP contribution is -2.38. The number of benzene rings is 1. The number of ether oxygens (including phenoxy) is 6. The van der Waals surface area contributed by atoms with E-state index >= 15 is 0 Å². The third kappa shape index (κ3) is 9.96. The molecule has 1 aromatic heterocycles. The minimum absolute atomic E-state index is 0.0531. The van der Waals surface area contributed by atoms with Crippen LogP contribution in [-0.2, 0) is 39.9 Å². The molecular formula is C37H48N2O8S. The summed E-state index contributed by atoms with van der Waals surface area (Å²) in [5.41, 5.74) is 1.34. The van der Waals surface area contributed by atoms with Crippen molar-refractivity contribution in [1.29, 1.82) is 0 Å². The van der Waals surface area contributed by atoms with Crippen LogP contribution in [-0.4, -0.2) is 62.0 Å². The second-order valence-electron chi connectivity index (χ2n) is 13.2. The van der Waals surface area contributed by atoms with Crippen LogP contribution in [0.3, 0.4) is 0 Å². The number of rotatable bonds is 8. The lowest BCUT2D eigenvalue weighted by atomic mass is 9.89. The van der Waals surface area contributed by atoms with Gasteiger partial charge in [-0.15, -0.1) is 11.3 Å². The quantitative estimate of drug-likeness (QED) is 0.182. The highest BCUT2D eigenvalue weighted by atomic mass is 32.1. The van der Waals surface area contributed by atoms with Crippen LogP contribution in [0.5, 0.6) is 5.75 Å². The van der Waals surface area contributed by atoms with Crippen LogP contribution in [0.2, 0.25) is 0 Å². The summed E-state index contributed by atoms with van der Waals surface area (Å²) in [6, 6.07) is 7.36. The van der Waals surface area contributed by atoms with Gasteiger partial charge in [-0.25, -0.2) is 9.78 Å². The van der Waals surface area contributed by atoms with Gasteiger partial charge >= 0.3 is 5.97 Å². The smallest absolute Gasteiger partial charge is 0.344 e. The molecule has 1 N–H and O–H groups in total. The lowest BCUT2D eigenvalue weighted by molar-refractivity contribution is -0.155. The molecule has 2 aromatic rings. The molecule has 0 radical (unpaired) electrons. The van der Waals surface area contributed by atoms with E-state index in [0.29, 0.717) is 25.0 Å². The largest absolute Gasteiger partial charge is 0.497 e. The van der Waals surface area contributed by atoms with Crippen molar-refractivity contribution in [2.75, 3.05) is 21.0 Å². The fraction of sp³-hybridized carbons (Fsp3) is 0.486. The lowest BCUT2D eigenvalue weighted by Gasteiger charge is -2.28. The number of thiazole rings is 1. The number of methoxy groups -OCH3 is 2. The molecule has 5 atom stereocenters. The minimum Gasteiger partial charge on any atom is -0.497 e. The second kappa shape index (κ2) is 16.7. The molecule has 2 aliphatic heterocycles. The summed E-state index contributed by atoms with van der Waals surface area (Å²) in [6.07, 6.45) is 10.2. The van der Waals surface area contributed by atoms with Crippen LogP contribution in [0.4, 0.5) is 0 Å². The van der Waals surface area contributed by atoms with E-state index in [9.17, 15) is 9.59 Å². The number of carbonyl (C=O) groups is 2. The highest BCUT2D eigenvalue weighted by Crippen LogP contribution is 2.40. The van der Waals surface area contributed by atoms with Crippen LogP contribution >= 0.6 is 11.3 Å². The Labute approximate surface area is 287 Å². The minimum atomic E-state index is -1.43. The Bertz CT molecular complexity index is 1520. The summed E-state index contributed by atoms with van der Waals surface area (Å²) in [4.78, 5) is 31.4. The fourth-order valence-corrected chi connectivity index (χ4v) is 5.93. The van der Waals surface area contributed by atoms with Crippen molar-refractivity contribution in [3.63, 3.8) is 0 Å². The number of fused-ring (bicyclic) bond motifs is 2. The Kier molecular flexibility index (Phi) is 12.9. The Morgan fingerprint density at radius 3 is 2.48 bits per heavy atom. The van der Waals surface area contributed by atoms with Crippen molar-refractivity contribution in [2.45, 2.75) is 91.1 Å². The summed E-state index contributed by atoms with van der Waals surface area (Å²) in [5.74, 6) is -0.0990. The van der Waals surface area contributed by atoms with E-state index < -0.39 is 35.5 Å². The van der Waals surface area contributed by atoms with E-state index in [0.717, 1.165) is 27.6 Å². The second-order valence-corrected chi connectivity index (χ2v) is 14.1. The zero-order valence-corrected chi connectivity index (χ0v) is 29.9. The Morgan fingerprint density at radius 1 is 1.06 bits per heavy atom. The van der Waals surface area contributed by atoms with Gasteiger partial charge < -0.3 is 33.7 Å². The number of cyclic esters (lactones) is 1. The van der Waals surface area contributed by atoms with Gasteiger partial charge in [-0.1, -0.05) is 62.8 Å². The zero-order valence-electron chi connectivity index (χ0n) is 29.1. The normalized spacial score (nSPS) is 29.3. The first-order chi connectivity index (χ1) is 22.8. The van der Waals surface area contributed by atoms with E-state index in [1.807, 2.05) is 94.6 Å². The molecule has 1 aromatic carbocycles.